The van der Waals surface area contributed by atoms with Crippen molar-refractivity contribution in [1.82, 2.24) is 5.32 Å². The Balaban J connectivity index is 2.40. The first kappa shape index (κ1) is 11.4. The van der Waals surface area contributed by atoms with Crippen molar-refractivity contribution in [2.24, 2.45) is 0 Å². The largest absolute Gasteiger partial charge is 0.399 e. The topological polar surface area (TPSA) is 67.2 Å². The van der Waals surface area contributed by atoms with Gasteiger partial charge in [0.25, 0.3) is 0 Å². The number of hydrogen-bond acceptors (Lipinski definition) is 3. The molecule has 1 rings (SSSR count). The van der Waals surface area contributed by atoms with E-state index in [4.69, 9.17) is 5.73 Å². The zero-order chi connectivity index (χ0) is 11.3. The van der Waals surface area contributed by atoms with E-state index in [1.54, 1.807) is 12.1 Å². The zero-order valence-electron chi connectivity index (χ0n) is 9.08. The number of nitrogens with two attached hydrogens (primary N) is 1. The van der Waals surface area contributed by atoms with Crippen molar-refractivity contribution < 1.29 is 4.79 Å². The average Bonchev–Trinajstić information content (AvgIpc) is 2.14. The summed E-state index contributed by atoms with van der Waals surface area (Å²) in [6, 6.07) is 7.49. The van der Waals surface area contributed by atoms with Gasteiger partial charge in [0.15, 0.2) is 0 Å². The standard InChI is InChI=1S/C11H17N3O/c1-8(2)14-11(15)7-13-10-5-3-4-9(12)6-10/h3-6,8,13H,7,12H2,1-2H3,(H,14,15). The molecule has 4 nitrogen and oxygen atoms in total. The molecule has 0 atom stereocenters. The number of anilines is 2. The monoisotopic (exact) mass is 207 g/mol. The van der Waals surface area contributed by atoms with Gasteiger partial charge in [-0.2, -0.15) is 0 Å². The summed E-state index contributed by atoms with van der Waals surface area (Å²) in [6.07, 6.45) is 0. The van der Waals surface area contributed by atoms with E-state index < -0.39 is 0 Å². The number of hydrogen-bond donors (Lipinski definition) is 3. The van der Waals surface area contributed by atoms with Crippen molar-refractivity contribution in [3.63, 3.8) is 0 Å². The van der Waals surface area contributed by atoms with Crippen LogP contribution < -0.4 is 16.4 Å². The lowest BCUT2D eigenvalue weighted by atomic mass is 10.3. The van der Waals surface area contributed by atoms with Gasteiger partial charge in [0.05, 0.1) is 6.54 Å². The lowest BCUT2D eigenvalue weighted by Gasteiger charge is -2.10. The highest BCUT2D eigenvalue weighted by molar-refractivity contribution is 5.81. The number of carbonyl (C=O) groups is 1. The number of nitrogens with one attached hydrogen (secondary N) is 2. The summed E-state index contributed by atoms with van der Waals surface area (Å²) in [5.41, 5.74) is 7.15. The highest BCUT2D eigenvalue weighted by Gasteiger charge is 2.02. The summed E-state index contributed by atoms with van der Waals surface area (Å²) >= 11 is 0. The van der Waals surface area contributed by atoms with Crippen LogP contribution in [0, 0.1) is 0 Å². The molecule has 0 aliphatic rings. The second-order valence-electron chi connectivity index (χ2n) is 3.70. The Hall–Kier alpha value is -1.71. The van der Waals surface area contributed by atoms with Gasteiger partial charge in [0.2, 0.25) is 5.91 Å². The molecule has 0 saturated heterocycles. The molecule has 1 aromatic rings. The molecule has 0 aliphatic heterocycles. The number of rotatable bonds is 4. The summed E-state index contributed by atoms with van der Waals surface area (Å²) in [6.45, 7) is 4.12. The molecular weight excluding hydrogens is 190 g/mol. The van der Waals surface area contributed by atoms with Crippen LogP contribution in [0.2, 0.25) is 0 Å². The summed E-state index contributed by atoms with van der Waals surface area (Å²) in [4.78, 5) is 11.3. The van der Waals surface area contributed by atoms with Crippen LogP contribution in [0.3, 0.4) is 0 Å². The van der Waals surface area contributed by atoms with Crippen LogP contribution in [0.5, 0.6) is 0 Å². The normalized spacial score (nSPS) is 10.1. The predicted molar refractivity (Wildman–Crippen MR) is 62.6 cm³/mol. The third-order valence-corrected chi connectivity index (χ3v) is 1.79. The molecule has 1 aromatic carbocycles. The minimum atomic E-state index is -0.0209. The molecule has 0 fully saturated rings. The van der Waals surface area contributed by atoms with Crippen molar-refractivity contribution in [2.45, 2.75) is 19.9 Å². The third-order valence-electron chi connectivity index (χ3n) is 1.79. The van der Waals surface area contributed by atoms with Gasteiger partial charge in [0.1, 0.15) is 0 Å². The summed E-state index contributed by atoms with van der Waals surface area (Å²) in [7, 11) is 0. The molecule has 82 valence electrons. The highest BCUT2D eigenvalue weighted by Crippen LogP contribution is 2.10. The van der Waals surface area contributed by atoms with Crippen molar-refractivity contribution >= 4 is 17.3 Å². The first-order chi connectivity index (χ1) is 7.08. The third kappa shape index (κ3) is 4.35. The van der Waals surface area contributed by atoms with Crippen molar-refractivity contribution in [1.29, 1.82) is 0 Å². The van der Waals surface area contributed by atoms with Crippen LogP contribution in [-0.4, -0.2) is 18.5 Å². The SMILES string of the molecule is CC(C)NC(=O)CNc1cccc(N)c1. The van der Waals surface area contributed by atoms with Gasteiger partial charge in [-0.1, -0.05) is 6.07 Å². The first-order valence-corrected chi connectivity index (χ1v) is 4.96. The molecule has 4 heteroatoms. The maximum atomic E-state index is 11.3. The maximum absolute atomic E-state index is 11.3. The van der Waals surface area contributed by atoms with Gasteiger partial charge >= 0.3 is 0 Å². The number of benzene rings is 1. The molecule has 4 N–H and O–H groups in total. The van der Waals surface area contributed by atoms with Crippen LogP contribution in [0.25, 0.3) is 0 Å². The molecule has 0 bridgehead atoms. The van der Waals surface area contributed by atoms with E-state index in [2.05, 4.69) is 10.6 Å². The van der Waals surface area contributed by atoms with E-state index >= 15 is 0 Å². The maximum Gasteiger partial charge on any atom is 0.239 e. The van der Waals surface area contributed by atoms with Crippen LogP contribution in [0.1, 0.15) is 13.8 Å². The van der Waals surface area contributed by atoms with Crippen LogP contribution in [-0.2, 0) is 4.79 Å². The van der Waals surface area contributed by atoms with Gasteiger partial charge in [-0.15, -0.1) is 0 Å². The number of amides is 1. The molecule has 1 amide bonds. The summed E-state index contributed by atoms with van der Waals surface area (Å²) in [5.74, 6) is -0.0209. The molecule has 0 saturated carbocycles. The van der Waals surface area contributed by atoms with Crippen molar-refractivity contribution in [3.8, 4) is 0 Å². The minimum absolute atomic E-state index is 0.0209. The molecule has 0 spiro atoms. The van der Waals surface area contributed by atoms with Gasteiger partial charge < -0.3 is 16.4 Å². The number of carbonyl (C=O) groups excluding carboxylic acids is 1. The second-order valence-corrected chi connectivity index (χ2v) is 3.70. The van der Waals surface area contributed by atoms with Gasteiger partial charge in [-0.05, 0) is 32.0 Å². The van der Waals surface area contributed by atoms with Crippen molar-refractivity contribution in [2.75, 3.05) is 17.6 Å². The Morgan fingerprint density at radius 2 is 2.20 bits per heavy atom. The Kier molecular flexibility index (Phi) is 3.97. The number of nitrogen functional groups attached to an aromatic ring is 1. The Morgan fingerprint density at radius 3 is 2.80 bits per heavy atom. The van der Waals surface area contributed by atoms with E-state index in [1.807, 2.05) is 26.0 Å². The fourth-order valence-corrected chi connectivity index (χ4v) is 1.20. The molecular formula is C11H17N3O. The minimum Gasteiger partial charge on any atom is -0.399 e. The van der Waals surface area contributed by atoms with Gasteiger partial charge in [-0.3, -0.25) is 4.79 Å². The summed E-state index contributed by atoms with van der Waals surface area (Å²) < 4.78 is 0. The van der Waals surface area contributed by atoms with Crippen LogP contribution in [0.15, 0.2) is 24.3 Å². The molecule has 0 radical (unpaired) electrons. The fraction of sp³-hybridized carbons (Fsp3) is 0.364. The van der Waals surface area contributed by atoms with Crippen molar-refractivity contribution in [3.05, 3.63) is 24.3 Å². The highest BCUT2D eigenvalue weighted by atomic mass is 16.1. The smallest absolute Gasteiger partial charge is 0.239 e. The second kappa shape index (κ2) is 5.24. The Bertz CT molecular complexity index is 336. The van der Waals surface area contributed by atoms with E-state index in [0.717, 1.165) is 5.69 Å². The summed E-state index contributed by atoms with van der Waals surface area (Å²) in [5, 5.41) is 5.79. The molecule has 0 aromatic heterocycles. The average molecular weight is 207 g/mol. The van der Waals surface area contributed by atoms with Gasteiger partial charge in [-0.25, -0.2) is 0 Å². The Labute approximate surface area is 89.9 Å². The van der Waals surface area contributed by atoms with E-state index in [0.29, 0.717) is 5.69 Å². The predicted octanol–water partition coefficient (Wildman–Crippen LogP) is 1.21. The Morgan fingerprint density at radius 1 is 1.47 bits per heavy atom. The first-order valence-electron chi connectivity index (χ1n) is 4.96. The van der Waals surface area contributed by atoms with E-state index in [9.17, 15) is 4.79 Å². The van der Waals surface area contributed by atoms with Crippen LogP contribution >= 0.6 is 0 Å². The molecule has 0 heterocycles. The zero-order valence-corrected chi connectivity index (χ0v) is 9.08. The molecule has 0 unspecified atom stereocenters. The van der Waals surface area contributed by atoms with Gasteiger partial charge in [0, 0.05) is 17.4 Å². The van der Waals surface area contributed by atoms with E-state index in [1.165, 1.54) is 0 Å². The molecule has 15 heavy (non-hydrogen) atoms. The van der Waals surface area contributed by atoms with E-state index in [-0.39, 0.29) is 18.5 Å². The molecule has 0 aliphatic carbocycles. The lowest BCUT2D eigenvalue weighted by Crippen LogP contribution is -2.34. The quantitative estimate of drug-likeness (QED) is 0.650. The lowest BCUT2D eigenvalue weighted by molar-refractivity contribution is -0.119. The van der Waals surface area contributed by atoms with Crippen LogP contribution in [0.4, 0.5) is 11.4 Å². The fourth-order valence-electron chi connectivity index (χ4n) is 1.20.